The van der Waals surface area contributed by atoms with Crippen LogP contribution in [-0.4, -0.2) is 4.57 Å². The second-order valence-electron chi connectivity index (χ2n) is 8.58. The summed E-state index contributed by atoms with van der Waals surface area (Å²) in [7, 11) is -1.27. The molecule has 0 atom stereocenters. The Morgan fingerprint density at radius 2 is 1.00 bits per heavy atom. The van der Waals surface area contributed by atoms with Gasteiger partial charge in [0.15, 0.2) is 0 Å². The van der Waals surface area contributed by atoms with Crippen molar-refractivity contribution in [2.45, 2.75) is 6.18 Å². The normalized spacial score (nSPS) is 12.0. The predicted octanol–water partition coefficient (Wildman–Crippen LogP) is 7.56. The number of para-hydroxylation sites is 2. The van der Waals surface area contributed by atoms with Gasteiger partial charge in [0.1, 0.15) is 0 Å². The summed E-state index contributed by atoms with van der Waals surface area (Å²) in [5, 5.41) is 4.81. The molecule has 5 heteroatoms. The fourth-order valence-corrected chi connectivity index (χ4v) is 7.30. The minimum atomic E-state index is -4.44. The molecule has 6 rings (SSSR count). The van der Waals surface area contributed by atoms with Crippen LogP contribution in [0.15, 0.2) is 127 Å². The lowest BCUT2D eigenvalue weighted by molar-refractivity contribution is -0.137. The van der Waals surface area contributed by atoms with Gasteiger partial charge in [0.25, 0.3) is 0 Å². The van der Waals surface area contributed by atoms with Crippen LogP contribution in [0.3, 0.4) is 0 Å². The Morgan fingerprint density at radius 3 is 1.50 bits per heavy atom. The molecule has 1 heterocycles. The quantitative estimate of drug-likeness (QED) is 0.223. The van der Waals surface area contributed by atoms with Gasteiger partial charge in [-0.15, -0.1) is 0 Å². The molecule has 0 saturated carbocycles. The molecule has 36 heavy (non-hydrogen) atoms. The summed E-state index contributed by atoms with van der Waals surface area (Å²) < 4.78 is 44.2. The van der Waals surface area contributed by atoms with Crippen LogP contribution in [0.1, 0.15) is 5.56 Å². The van der Waals surface area contributed by atoms with Crippen molar-refractivity contribution in [1.82, 2.24) is 4.57 Å². The molecule has 1 nitrogen and oxygen atoms in total. The second kappa shape index (κ2) is 8.96. The van der Waals surface area contributed by atoms with Crippen LogP contribution in [0.5, 0.6) is 0 Å². The molecule has 0 saturated heterocycles. The largest absolute Gasteiger partial charge is 0.416 e. The fourth-order valence-electron chi connectivity index (χ4n) is 4.83. The first-order valence-corrected chi connectivity index (χ1v) is 13.0. The maximum absolute atomic E-state index is 14.0. The Balaban J connectivity index is 1.73. The van der Waals surface area contributed by atoms with E-state index < -0.39 is 19.7 Å². The van der Waals surface area contributed by atoms with Gasteiger partial charge in [0.05, 0.1) is 22.3 Å². The zero-order valence-corrected chi connectivity index (χ0v) is 20.0. The molecule has 176 valence electrons. The van der Waals surface area contributed by atoms with Gasteiger partial charge in [-0.1, -0.05) is 97.1 Å². The molecule has 0 aliphatic rings. The van der Waals surface area contributed by atoms with E-state index in [-0.39, 0.29) is 0 Å². The van der Waals surface area contributed by atoms with Gasteiger partial charge in [-0.3, -0.25) is 0 Å². The van der Waals surface area contributed by atoms with Crippen molar-refractivity contribution in [1.29, 1.82) is 0 Å². The fraction of sp³-hybridized carbons (Fsp3) is 0.0323. The third kappa shape index (κ3) is 3.88. The first-order valence-electron chi connectivity index (χ1n) is 11.6. The number of halogens is 3. The van der Waals surface area contributed by atoms with E-state index >= 15 is 0 Å². The van der Waals surface area contributed by atoms with Crippen LogP contribution in [0.4, 0.5) is 13.2 Å². The van der Waals surface area contributed by atoms with Crippen LogP contribution in [0, 0.1) is 0 Å². The third-order valence-corrected chi connectivity index (χ3v) is 8.86. The molecule has 6 aromatic rings. The monoisotopic (exact) mass is 495 g/mol. The highest BCUT2D eigenvalue weighted by atomic mass is 31.1. The highest BCUT2D eigenvalue weighted by molar-refractivity contribution is 7.80. The lowest BCUT2D eigenvalue weighted by atomic mass is 10.2. The van der Waals surface area contributed by atoms with Crippen LogP contribution in [-0.2, 0) is 6.18 Å². The number of hydrogen-bond donors (Lipinski definition) is 0. The molecule has 1 aromatic heterocycles. The van der Waals surface area contributed by atoms with E-state index in [0.717, 1.165) is 38.1 Å². The Bertz CT molecular complexity index is 1580. The zero-order valence-electron chi connectivity index (χ0n) is 19.2. The van der Waals surface area contributed by atoms with Crippen molar-refractivity contribution in [3.8, 4) is 5.69 Å². The van der Waals surface area contributed by atoms with Gasteiger partial charge < -0.3 is 4.57 Å². The van der Waals surface area contributed by atoms with E-state index in [1.165, 1.54) is 12.1 Å². The first kappa shape index (κ1) is 22.6. The molecular formula is C31H21F3NP. The van der Waals surface area contributed by atoms with Gasteiger partial charge >= 0.3 is 6.18 Å². The van der Waals surface area contributed by atoms with Gasteiger partial charge in [0.2, 0.25) is 0 Å². The Morgan fingerprint density at radius 1 is 0.528 bits per heavy atom. The molecule has 0 aliphatic carbocycles. The summed E-state index contributed by atoms with van der Waals surface area (Å²) in [6.07, 6.45) is -4.44. The molecule has 0 fully saturated rings. The van der Waals surface area contributed by atoms with Crippen molar-refractivity contribution < 1.29 is 13.2 Å². The maximum atomic E-state index is 14.0. The molecular weight excluding hydrogens is 474 g/mol. The summed E-state index contributed by atoms with van der Waals surface area (Å²) in [4.78, 5) is 0. The van der Waals surface area contributed by atoms with Crippen LogP contribution in [0.25, 0.3) is 27.5 Å². The number of aromatic nitrogens is 1. The molecule has 0 bridgehead atoms. The van der Waals surface area contributed by atoms with Crippen molar-refractivity contribution in [2.75, 3.05) is 0 Å². The number of nitrogens with zero attached hydrogens (tertiary/aromatic N) is 1. The van der Waals surface area contributed by atoms with Gasteiger partial charge in [-0.25, -0.2) is 0 Å². The summed E-state index contributed by atoms with van der Waals surface area (Å²) in [5.74, 6) is 0. The minimum Gasteiger partial charge on any atom is -0.309 e. The Kier molecular flexibility index (Phi) is 5.62. The highest BCUT2D eigenvalue weighted by Crippen LogP contribution is 2.40. The topological polar surface area (TPSA) is 4.93 Å². The average Bonchev–Trinajstić information content (AvgIpc) is 3.24. The van der Waals surface area contributed by atoms with E-state index in [1.54, 1.807) is 6.07 Å². The minimum absolute atomic E-state index is 0.638. The lowest BCUT2D eigenvalue weighted by Gasteiger charge is -2.24. The smallest absolute Gasteiger partial charge is 0.309 e. The average molecular weight is 495 g/mol. The van der Waals surface area contributed by atoms with Crippen LogP contribution in [0.2, 0.25) is 0 Å². The number of alkyl halides is 3. The van der Waals surface area contributed by atoms with E-state index in [4.69, 9.17) is 0 Å². The highest BCUT2D eigenvalue weighted by Gasteiger charge is 2.33. The molecule has 0 N–H and O–H groups in total. The first-order chi connectivity index (χ1) is 17.5. The molecule has 5 aromatic carbocycles. The Labute approximate surface area is 208 Å². The summed E-state index contributed by atoms with van der Waals surface area (Å²) in [6, 6.07) is 40.0. The second-order valence-corrected chi connectivity index (χ2v) is 10.8. The molecule has 0 unspecified atom stereocenters. The van der Waals surface area contributed by atoms with Gasteiger partial charge in [0, 0.05) is 16.1 Å². The SMILES string of the molecule is FC(F)(F)c1ccc(-n2c3ccccc3c3ccccc32)c(P(c2ccccc2)c2ccccc2)c1. The van der Waals surface area contributed by atoms with E-state index in [2.05, 4.69) is 16.7 Å². The molecule has 0 aliphatic heterocycles. The van der Waals surface area contributed by atoms with Crippen molar-refractivity contribution in [3.63, 3.8) is 0 Å². The standard InChI is InChI=1S/C31H21F3NP/c32-31(33,34)22-19-20-29(35-27-17-9-7-15-25(27)26-16-8-10-18-28(26)35)30(21-22)36(23-11-3-1-4-12-23)24-13-5-2-6-14-24/h1-21H. The number of rotatable bonds is 4. The lowest BCUT2D eigenvalue weighted by Crippen LogP contribution is -2.25. The Hall–Kier alpha value is -3.88. The zero-order chi connectivity index (χ0) is 24.7. The summed E-state index contributed by atoms with van der Waals surface area (Å²) >= 11 is 0. The number of fused-ring (bicyclic) bond motifs is 3. The summed E-state index contributed by atoms with van der Waals surface area (Å²) in [5.41, 5.74) is 2.06. The maximum Gasteiger partial charge on any atom is 0.416 e. The molecule has 0 radical (unpaired) electrons. The van der Waals surface area contributed by atoms with Crippen molar-refractivity contribution in [3.05, 3.63) is 133 Å². The van der Waals surface area contributed by atoms with E-state index in [0.29, 0.717) is 5.30 Å². The predicted molar refractivity (Wildman–Crippen MR) is 144 cm³/mol. The van der Waals surface area contributed by atoms with Crippen molar-refractivity contribution >= 4 is 45.6 Å². The van der Waals surface area contributed by atoms with E-state index in [1.807, 2.05) is 97.1 Å². The van der Waals surface area contributed by atoms with Crippen molar-refractivity contribution in [2.24, 2.45) is 0 Å². The van der Waals surface area contributed by atoms with Gasteiger partial charge in [-0.2, -0.15) is 13.2 Å². The third-order valence-electron chi connectivity index (χ3n) is 6.39. The van der Waals surface area contributed by atoms with Crippen LogP contribution < -0.4 is 15.9 Å². The van der Waals surface area contributed by atoms with Gasteiger partial charge in [-0.05, 0) is 48.9 Å². The number of hydrogen-bond acceptors (Lipinski definition) is 0. The summed E-state index contributed by atoms with van der Waals surface area (Å²) in [6.45, 7) is 0. The van der Waals surface area contributed by atoms with Crippen LogP contribution >= 0.6 is 7.92 Å². The van der Waals surface area contributed by atoms with E-state index in [9.17, 15) is 13.2 Å². The molecule has 0 spiro atoms. The number of benzene rings is 5. The molecule has 0 amide bonds.